The molecule has 0 atom stereocenters. The van der Waals surface area contributed by atoms with Gasteiger partial charge in [0.1, 0.15) is 0 Å². The summed E-state index contributed by atoms with van der Waals surface area (Å²) >= 11 is 7.32. The number of hydrogen-bond donors (Lipinski definition) is 1. The third-order valence-electron chi connectivity index (χ3n) is 3.36. The van der Waals surface area contributed by atoms with Gasteiger partial charge in [0.25, 0.3) is 0 Å². The second-order valence-corrected chi connectivity index (χ2v) is 6.79. The minimum atomic E-state index is -0.201. The Balaban J connectivity index is 1.75. The van der Waals surface area contributed by atoms with Gasteiger partial charge >= 0.3 is 0 Å². The number of aryl methyl sites for hydroxylation is 2. The van der Waals surface area contributed by atoms with Crippen LogP contribution < -0.4 is 5.32 Å². The highest BCUT2D eigenvalue weighted by atomic mass is 35.5. The normalized spacial score (nSPS) is 11.3. The molecule has 23 heavy (non-hydrogen) atoms. The molecule has 3 nitrogen and oxygen atoms in total. The van der Waals surface area contributed by atoms with E-state index in [1.807, 2.05) is 19.1 Å². The maximum absolute atomic E-state index is 12.0. The number of fused-ring (bicyclic) bond motifs is 1. The first-order valence-corrected chi connectivity index (χ1v) is 8.33. The predicted octanol–water partition coefficient (Wildman–Crippen LogP) is 5.22. The highest BCUT2D eigenvalue weighted by Crippen LogP contribution is 2.29. The Morgan fingerprint density at radius 2 is 1.96 bits per heavy atom. The van der Waals surface area contributed by atoms with Crippen molar-refractivity contribution in [3.05, 3.63) is 64.2 Å². The first kappa shape index (κ1) is 15.7. The van der Waals surface area contributed by atoms with Gasteiger partial charge < -0.3 is 0 Å². The van der Waals surface area contributed by atoms with Crippen LogP contribution in [0.4, 0.5) is 5.13 Å². The average Bonchev–Trinajstić information content (AvgIpc) is 2.89. The summed E-state index contributed by atoms with van der Waals surface area (Å²) in [7, 11) is 0. The molecular weight excluding hydrogens is 328 g/mol. The SMILES string of the molecule is Cc1cc(C)c2nc(NC(=O)/C=C/c3ccc(Cl)cc3)sc2c1. The van der Waals surface area contributed by atoms with E-state index in [0.717, 1.165) is 21.3 Å². The molecule has 1 heterocycles. The van der Waals surface area contributed by atoms with Crippen molar-refractivity contribution in [2.75, 3.05) is 5.32 Å². The maximum Gasteiger partial charge on any atom is 0.250 e. The fourth-order valence-electron chi connectivity index (χ4n) is 2.32. The number of hydrogen-bond acceptors (Lipinski definition) is 3. The smallest absolute Gasteiger partial charge is 0.250 e. The lowest BCUT2D eigenvalue weighted by Crippen LogP contribution is -2.07. The van der Waals surface area contributed by atoms with E-state index in [9.17, 15) is 4.79 Å². The summed E-state index contributed by atoms with van der Waals surface area (Å²) in [6.07, 6.45) is 3.24. The van der Waals surface area contributed by atoms with E-state index in [2.05, 4.69) is 29.4 Å². The number of nitrogens with one attached hydrogen (secondary N) is 1. The largest absolute Gasteiger partial charge is 0.298 e. The maximum atomic E-state index is 12.0. The highest BCUT2D eigenvalue weighted by Gasteiger charge is 2.08. The summed E-state index contributed by atoms with van der Waals surface area (Å²) in [6, 6.07) is 11.5. The van der Waals surface area contributed by atoms with E-state index in [4.69, 9.17) is 11.6 Å². The molecule has 0 aliphatic carbocycles. The Morgan fingerprint density at radius 3 is 2.70 bits per heavy atom. The number of aromatic nitrogens is 1. The molecule has 1 N–H and O–H groups in total. The van der Waals surface area contributed by atoms with Crippen molar-refractivity contribution in [3.63, 3.8) is 0 Å². The van der Waals surface area contributed by atoms with Crippen LogP contribution in [0.2, 0.25) is 5.02 Å². The number of amides is 1. The van der Waals surface area contributed by atoms with Crippen LogP contribution in [0.25, 0.3) is 16.3 Å². The van der Waals surface area contributed by atoms with Gasteiger partial charge in [-0.3, -0.25) is 10.1 Å². The minimum Gasteiger partial charge on any atom is -0.298 e. The van der Waals surface area contributed by atoms with E-state index in [1.165, 1.54) is 23.0 Å². The topological polar surface area (TPSA) is 42.0 Å². The van der Waals surface area contributed by atoms with E-state index >= 15 is 0 Å². The summed E-state index contributed by atoms with van der Waals surface area (Å²) in [6.45, 7) is 4.08. The molecule has 0 radical (unpaired) electrons. The van der Waals surface area contributed by atoms with Gasteiger partial charge in [0, 0.05) is 11.1 Å². The van der Waals surface area contributed by atoms with Gasteiger partial charge in [-0.1, -0.05) is 41.1 Å². The third-order valence-corrected chi connectivity index (χ3v) is 4.53. The minimum absolute atomic E-state index is 0.201. The fourth-order valence-corrected chi connectivity index (χ4v) is 3.49. The number of carbonyl (C=O) groups excluding carboxylic acids is 1. The van der Waals surface area contributed by atoms with Crippen molar-refractivity contribution in [3.8, 4) is 0 Å². The molecule has 0 spiro atoms. The molecule has 0 aliphatic rings. The highest BCUT2D eigenvalue weighted by molar-refractivity contribution is 7.22. The van der Waals surface area contributed by atoms with Crippen LogP contribution in [-0.4, -0.2) is 10.9 Å². The summed E-state index contributed by atoms with van der Waals surface area (Å²) in [5.74, 6) is -0.201. The quantitative estimate of drug-likeness (QED) is 0.663. The molecule has 0 fully saturated rings. The first-order valence-electron chi connectivity index (χ1n) is 7.14. The number of rotatable bonds is 3. The molecule has 3 rings (SSSR count). The van der Waals surface area contributed by atoms with Gasteiger partial charge in [0.15, 0.2) is 5.13 Å². The number of thiazole rings is 1. The van der Waals surface area contributed by atoms with E-state index in [1.54, 1.807) is 18.2 Å². The number of nitrogens with zero attached hydrogens (tertiary/aromatic N) is 1. The van der Waals surface area contributed by atoms with Gasteiger partial charge in [-0.15, -0.1) is 0 Å². The molecule has 0 unspecified atom stereocenters. The van der Waals surface area contributed by atoms with E-state index < -0.39 is 0 Å². The van der Waals surface area contributed by atoms with Crippen molar-refractivity contribution in [1.29, 1.82) is 0 Å². The zero-order valence-corrected chi connectivity index (χ0v) is 14.3. The van der Waals surface area contributed by atoms with Gasteiger partial charge in [-0.25, -0.2) is 4.98 Å². The van der Waals surface area contributed by atoms with Crippen LogP contribution >= 0.6 is 22.9 Å². The summed E-state index contributed by atoms with van der Waals surface area (Å²) in [4.78, 5) is 16.5. The van der Waals surface area contributed by atoms with Crippen molar-refractivity contribution in [1.82, 2.24) is 4.98 Å². The average molecular weight is 343 g/mol. The number of halogens is 1. The number of anilines is 1. The first-order chi connectivity index (χ1) is 11.0. The molecule has 0 saturated carbocycles. The Morgan fingerprint density at radius 1 is 1.22 bits per heavy atom. The molecule has 2 aromatic carbocycles. The molecule has 0 aliphatic heterocycles. The molecule has 0 saturated heterocycles. The molecule has 1 amide bonds. The summed E-state index contributed by atoms with van der Waals surface area (Å²) < 4.78 is 1.08. The van der Waals surface area contributed by atoms with Crippen molar-refractivity contribution >= 4 is 50.3 Å². The fraction of sp³-hybridized carbons (Fsp3) is 0.111. The number of benzene rings is 2. The van der Waals surface area contributed by atoms with Gasteiger partial charge in [-0.2, -0.15) is 0 Å². The third kappa shape index (κ3) is 3.78. The van der Waals surface area contributed by atoms with Crippen LogP contribution in [0.1, 0.15) is 16.7 Å². The van der Waals surface area contributed by atoms with Crippen molar-refractivity contribution in [2.45, 2.75) is 13.8 Å². The molecule has 3 aromatic rings. The van der Waals surface area contributed by atoms with Gasteiger partial charge in [0.05, 0.1) is 10.2 Å². The standard InChI is InChI=1S/C18H15ClN2OS/c1-11-9-12(2)17-15(10-11)23-18(21-17)20-16(22)8-5-13-3-6-14(19)7-4-13/h3-10H,1-2H3,(H,20,21,22)/b8-5+. The molecule has 1 aromatic heterocycles. The predicted molar refractivity (Wildman–Crippen MR) is 98.2 cm³/mol. The molecule has 0 bridgehead atoms. The molecule has 116 valence electrons. The Labute approximate surface area is 143 Å². The van der Waals surface area contributed by atoms with Crippen molar-refractivity contribution in [2.24, 2.45) is 0 Å². The summed E-state index contributed by atoms with van der Waals surface area (Å²) in [5.41, 5.74) is 4.17. The Bertz CT molecular complexity index is 897. The second kappa shape index (κ2) is 6.52. The monoisotopic (exact) mass is 342 g/mol. The number of carbonyl (C=O) groups is 1. The van der Waals surface area contributed by atoms with Gasteiger partial charge in [0.2, 0.25) is 5.91 Å². The van der Waals surface area contributed by atoms with Crippen LogP contribution in [0.15, 0.2) is 42.5 Å². The Kier molecular flexibility index (Phi) is 4.46. The van der Waals surface area contributed by atoms with Crippen molar-refractivity contribution < 1.29 is 4.79 Å². The van der Waals surface area contributed by atoms with E-state index in [-0.39, 0.29) is 5.91 Å². The lowest BCUT2D eigenvalue weighted by Gasteiger charge is -1.96. The van der Waals surface area contributed by atoms with Gasteiger partial charge in [-0.05, 0) is 54.8 Å². The lowest BCUT2D eigenvalue weighted by atomic mass is 10.1. The lowest BCUT2D eigenvalue weighted by molar-refractivity contribution is -0.111. The van der Waals surface area contributed by atoms with Crippen LogP contribution in [0, 0.1) is 13.8 Å². The van der Waals surface area contributed by atoms with Crippen LogP contribution in [0.3, 0.4) is 0 Å². The zero-order chi connectivity index (χ0) is 16.4. The summed E-state index contributed by atoms with van der Waals surface area (Å²) in [5, 5.41) is 4.10. The molecular formula is C18H15ClN2OS. The second-order valence-electron chi connectivity index (χ2n) is 5.32. The molecule has 5 heteroatoms. The zero-order valence-electron chi connectivity index (χ0n) is 12.8. The van der Waals surface area contributed by atoms with Crippen LogP contribution in [-0.2, 0) is 4.79 Å². The Hall–Kier alpha value is -2.17. The van der Waals surface area contributed by atoms with Crippen LogP contribution in [0.5, 0.6) is 0 Å². The van der Waals surface area contributed by atoms with E-state index in [0.29, 0.717) is 10.2 Å².